The number of rotatable bonds is 8. The van der Waals surface area contributed by atoms with Crippen molar-refractivity contribution in [2.75, 3.05) is 28.3 Å². The monoisotopic (exact) mass is 469 g/mol. The van der Waals surface area contributed by atoms with Gasteiger partial charge in [0.25, 0.3) is 0 Å². The molecule has 0 N–H and O–H groups in total. The molecule has 156 valence electrons. The van der Waals surface area contributed by atoms with Crippen molar-refractivity contribution in [3.05, 3.63) is 70.3 Å². The van der Waals surface area contributed by atoms with Gasteiger partial charge in [-0.15, -0.1) is 0 Å². The second-order valence-corrected chi connectivity index (χ2v) is 12.0. The van der Waals surface area contributed by atoms with Gasteiger partial charge in [-0.1, -0.05) is 0 Å². The predicted octanol–water partition coefficient (Wildman–Crippen LogP) is 2.27. The van der Waals surface area contributed by atoms with Crippen LogP contribution in [0.3, 0.4) is 0 Å². The van der Waals surface area contributed by atoms with Crippen LogP contribution in [0.4, 0.5) is 5.69 Å². The molecule has 1 atom stereocenters. The fourth-order valence-corrected chi connectivity index (χ4v) is 6.29. The normalized spacial score (nSPS) is 14.1. The van der Waals surface area contributed by atoms with Crippen molar-refractivity contribution in [3.8, 4) is 0 Å². The quantitative estimate of drug-likeness (QED) is 0.194. The third kappa shape index (κ3) is 4.53. The van der Waals surface area contributed by atoms with Crippen molar-refractivity contribution in [2.45, 2.75) is 17.3 Å². The summed E-state index contributed by atoms with van der Waals surface area (Å²) in [5, 5.41) is 10.8. The van der Waals surface area contributed by atoms with Crippen molar-refractivity contribution < 1.29 is 26.6 Å². The molecule has 0 aliphatic carbocycles. The van der Waals surface area contributed by atoms with E-state index in [-0.39, 0.29) is 26.4 Å². The molecule has 0 amide bonds. The summed E-state index contributed by atoms with van der Waals surface area (Å²) in [5.41, 5.74) is -1.00. The summed E-state index contributed by atoms with van der Waals surface area (Å²) < 4.78 is 31.2. The maximum atomic E-state index is 13.0. The molecule has 0 fully saturated rings. The Morgan fingerprint density at radius 2 is 1.62 bits per heavy atom. The van der Waals surface area contributed by atoms with Crippen LogP contribution >= 0.6 is 0 Å². The summed E-state index contributed by atoms with van der Waals surface area (Å²) in [6.45, 7) is 0. The fourth-order valence-electron chi connectivity index (χ4n) is 3.42. The van der Waals surface area contributed by atoms with Gasteiger partial charge in [0.15, 0.2) is 0 Å². The Bertz CT molecular complexity index is 982. The van der Waals surface area contributed by atoms with Gasteiger partial charge in [0.1, 0.15) is 0 Å². The number of quaternary nitrogens is 1. The zero-order valence-corrected chi connectivity index (χ0v) is 18.6. The number of hydrogen-bond acceptors (Lipinski definition) is 6. The molecular formula is C20H25N2O6Se+. The van der Waals surface area contributed by atoms with Crippen LogP contribution < -0.4 is 4.46 Å². The number of benzene rings is 2. The molecule has 2 rings (SSSR count). The third-order valence-corrected chi connectivity index (χ3v) is 8.69. The molecule has 0 aliphatic rings. The predicted molar refractivity (Wildman–Crippen MR) is 107 cm³/mol. The Balaban J connectivity index is 2.55. The van der Waals surface area contributed by atoms with Crippen LogP contribution in [0.25, 0.3) is 0 Å². The van der Waals surface area contributed by atoms with Crippen molar-refractivity contribution in [1.82, 2.24) is 0 Å². The first-order chi connectivity index (χ1) is 13.5. The van der Waals surface area contributed by atoms with E-state index in [9.17, 15) is 22.6 Å². The van der Waals surface area contributed by atoms with Gasteiger partial charge in [-0.2, -0.15) is 0 Å². The molecule has 0 spiro atoms. The van der Waals surface area contributed by atoms with E-state index < -0.39 is 29.1 Å². The van der Waals surface area contributed by atoms with Gasteiger partial charge in [-0.3, -0.25) is 0 Å². The SMILES string of the molecule is COC(=O)C(CC[Se](=O)(=O)c1ccccc1)(c1ccc([N+](=O)[O-])cc1)[N+](C)(C)C. The number of likely N-dealkylation sites (N-methyl/N-ethyl adjacent to an activating group) is 1. The van der Waals surface area contributed by atoms with Gasteiger partial charge in [-0.05, 0) is 0 Å². The zero-order valence-electron chi connectivity index (χ0n) is 16.9. The Labute approximate surface area is 171 Å². The number of carbonyl (C=O) groups is 1. The van der Waals surface area contributed by atoms with Gasteiger partial charge < -0.3 is 0 Å². The van der Waals surface area contributed by atoms with E-state index in [1.807, 2.05) is 0 Å². The summed E-state index contributed by atoms with van der Waals surface area (Å²) in [7, 11) is 6.54. The van der Waals surface area contributed by atoms with Crippen molar-refractivity contribution >= 4 is 28.8 Å². The number of carbonyl (C=O) groups excluding carboxylic acids is 1. The van der Waals surface area contributed by atoms with Crippen molar-refractivity contribution in [1.29, 1.82) is 0 Å². The van der Waals surface area contributed by atoms with Crippen molar-refractivity contribution in [2.24, 2.45) is 0 Å². The number of hydrogen-bond donors (Lipinski definition) is 0. The van der Waals surface area contributed by atoms with Gasteiger partial charge in [-0.25, -0.2) is 0 Å². The molecular weight excluding hydrogens is 443 g/mol. The first-order valence-corrected chi connectivity index (χ1v) is 12.3. The number of nitro benzene ring substituents is 1. The van der Waals surface area contributed by atoms with Gasteiger partial charge >= 0.3 is 171 Å². The third-order valence-electron chi connectivity index (χ3n) is 5.06. The molecule has 0 heterocycles. The summed E-state index contributed by atoms with van der Waals surface area (Å²) >= 11 is -4.52. The van der Waals surface area contributed by atoms with E-state index in [0.717, 1.165) is 0 Å². The molecule has 9 heteroatoms. The second-order valence-electron chi connectivity index (χ2n) is 7.55. The fraction of sp³-hybridized carbons (Fsp3) is 0.350. The summed E-state index contributed by atoms with van der Waals surface area (Å²) in [6, 6.07) is 13.7. The van der Waals surface area contributed by atoms with Gasteiger partial charge in [0.2, 0.25) is 0 Å². The average Bonchev–Trinajstić information content (AvgIpc) is 2.68. The first-order valence-electron chi connectivity index (χ1n) is 8.88. The van der Waals surface area contributed by atoms with E-state index >= 15 is 0 Å². The van der Waals surface area contributed by atoms with E-state index in [1.54, 1.807) is 39.3 Å². The molecule has 2 aromatic rings. The molecule has 1 unspecified atom stereocenters. The van der Waals surface area contributed by atoms with E-state index in [1.165, 1.54) is 43.5 Å². The van der Waals surface area contributed by atoms with Crippen LogP contribution in [0.2, 0.25) is 5.32 Å². The average molecular weight is 468 g/mol. The number of nitrogens with zero attached hydrogens (tertiary/aromatic N) is 2. The maximum absolute atomic E-state index is 13.0. The van der Waals surface area contributed by atoms with Crippen molar-refractivity contribution in [3.63, 3.8) is 0 Å². The zero-order chi connectivity index (χ0) is 21.9. The summed E-state index contributed by atoms with van der Waals surface area (Å²) in [5.74, 6) is -0.597. The van der Waals surface area contributed by atoms with Gasteiger partial charge in [0.05, 0.1) is 0 Å². The van der Waals surface area contributed by atoms with E-state index in [0.29, 0.717) is 5.56 Å². The second kappa shape index (κ2) is 8.41. The van der Waals surface area contributed by atoms with E-state index in [4.69, 9.17) is 4.74 Å². The topological polar surface area (TPSA) is 104 Å². The Kier molecular flexibility index (Phi) is 6.57. The minimum absolute atomic E-state index is 0.0249. The number of methoxy groups -OCH3 is 1. The number of nitro groups is 1. The van der Waals surface area contributed by atoms with Crippen LogP contribution in [0, 0.1) is 10.1 Å². The van der Waals surface area contributed by atoms with Gasteiger partial charge in [0, 0.05) is 0 Å². The molecule has 0 aromatic heterocycles. The molecule has 2 aromatic carbocycles. The molecule has 0 saturated carbocycles. The Morgan fingerprint density at radius 3 is 2.07 bits per heavy atom. The van der Waals surface area contributed by atoms with Crippen LogP contribution in [0.5, 0.6) is 0 Å². The molecule has 0 bridgehead atoms. The van der Waals surface area contributed by atoms with E-state index in [2.05, 4.69) is 0 Å². The van der Waals surface area contributed by atoms with Crippen LogP contribution in [0.1, 0.15) is 12.0 Å². The number of non-ortho nitro benzene ring substituents is 1. The van der Waals surface area contributed by atoms with Crippen LogP contribution in [-0.4, -0.2) is 56.3 Å². The summed E-state index contributed by atoms with van der Waals surface area (Å²) in [6.07, 6.45) is -0.0249. The standard InChI is InChI=1S/C20H25N2O6Se/c1-22(2,3)20(19(23)28-4,16-10-12-17(13-11-16)21(24)25)14-15-29(26,27)18-8-6-5-7-9-18/h5-13H,14-15H2,1-4H3/q+1. The molecule has 29 heavy (non-hydrogen) atoms. The Hall–Kier alpha value is -2.61. The Morgan fingerprint density at radius 1 is 1.07 bits per heavy atom. The first kappa shape index (κ1) is 22.7. The number of ether oxygens (including phenoxy) is 1. The number of esters is 1. The molecule has 0 saturated heterocycles. The molecule has 8 nitrogen and oxygen atoms in total. The van der Waals surface area contributed by atoms with Crippen LogP contribution in [0.15, 0.2) is 54.6 Å². The molecule has 0 radical (unpaired) electrons. The minimum atomic E-state index is -4.52. The van der Waals surface area contributed by atoms with Crippen LogP contribution in [-0.2, 0) is 22.7 Å². The molecule has 0 aliphatic heterocycles. The summed E-state index contributed by atoms with van der Waals surface area (Å²) in [4.78, 5) is 23.5.